The van der Waals surface area contributed by atoms with Crippen molar-refractivity contribution in [3.05, 3.63) is 0 Å². The smallest absolute Gasteiger partial charge is 0.282 e. The molecular weight excluding hydrogens is 238 g/mol. The molecule has 0 aromatic carbocycles. The van der Waals surface area contributed by atoms with Crippen LogP contribution >= 0.6 is 0 Å². The lowest BCUT2D eigenvalue weighted by atomic mass is 10.1. The highest BCUT2D eigenvalue weighted by Gasteiger charge is 2.39. The summed E-state index contributed by atoms with van der Waals surface area (Å²) in [5.41, 5.74) is 5.64. The maximum Gasteiger partial charge on any atom is 0.282 e. The van der Waals surface area contributed by atoms with Crippen LogP contribution in [0.3, 0.4) is 0 Å². The quantitative estimate of drug-likeness (QED) is 0.799. The lowest BCUT2D eigenvalue weighted by Crippen LogP contribution is -2.47. The summed E-state index contributed by atoms with van der Waals surface area (Å²) in [5, 5.41) is 0. The Morgan fingerprint density at radius 3 is 2.41 bits per heavy atom. The molecule has 100 valence electrons. The number of nitrogens with zero attached hydrogens (tertiary/aromatic N) is 2. The second-order valence-electron chi connectivity index (χ2n) is 5.22. The van der Waals surface area contributed by atoms with E-state index in [0.29, 0.717) is 32.1 Å². The summed E-state index contributed by atoms with van der Waals surface area (Å²) in [6.45, 7) is 4.52. The fraction of sp³-hybridized carbons (Fsp3) is 1.00. The molecule has 0 aromatic rings. The van der Waals surface area contributed by atoms with Crippen molar-refractivity contribution in [3.63, 3.8) is 0 Å². The van der Waals surface area contributed by atoms with Gasteiger partial charge in [-0.3, -0.25) is 0 Å². The van der Waals surface area contributed by atoms with E-state index >= 15 is 0 Å². The molecule has 6 heteroatoms. The first kappa shape index (κ1) is 13.3. The average molecular weight is 261 g/mol. The highest BCUT2D eigenvalue weighted by Crippen LogP contribution is 2.28. The molecule has 0 saturated carbocycles. The van der Waals surface area contributed by atoms with Crippen molar-refractivity contribution >= 4 is 10.2 Å². The van der Waals surface area contributed by atoms with E-state index in [1.54, 1.807) is 8.61 Å². The monoisotopic (exact) mass is 261 g/mol. The van der Waals surface area contributed by atoms with E-state index in [1.807, 2.05) is 6.92 Å². The first-order valence-corrected chi connectivity index (χ1v) is 7.92. The van der Waals surface area contributed by atoms with Gasteiger partial charge in [0.25, 0.3) is 10.2 Å². The van der Waals surface area contributed by atoms with Crippen LogP contribution in [-0.4, -0.2) is 49.2 Å². The van der Waals surface area contributed by atoms with Gasteiger partial charge in [0.05, 0.1) is 0 Å². The predicted octanol–water partition coefficient (Wildman–Crippen LogP) is 0.386. The first-order valence-electron chi connectivity index (χ1n) is 6.52. The van der Waals surface area contributed by atoms with Gasteiger partial charge in [0.2, 0.25) is 0 Å². The van der Waals surface area contributed by atoms with Gasteiger partial charge in [0, 0.05) is 25.7 Å². The van der Waals surface area contributed by atoms with E-state index < -0.39 is 10.2 Å². The van der Waals surface area contributed by atoms with Crippen molar-refractivity contribution in [2.24, 2.45) is 11.7 Å². The Balaban J connectivity index is 2.09. The summed E-state index contributed by atoms with van der Waals surface area (Å²) < 4.78 is 28.2. The standard InChI is InChI=1S/C11H23N3O2S/c1-10-7-11(8-12)9-14(10)17(15,16)13-5-3-2-4-6-13/h10-11H,2-9,12H2,1H3. The molecule has 0 radical (unpaired) electrons. The molecule has 2 N–H and O–H groups in total. The maximum atomic E-state index is 12.5. The number of hydrogen-bond acceptors (Lipinski definition) is 3. The minimum absolute atomic E-state index is 0.0930. The molecule has 0 amide bonds. The summed E-state index contributed by atoms with van der Waals surface area (Å²) in [6, 6.07) is 0.0930. The molecular formula is C11H23N3O2S. The Kier molecular flexibility index (Phi) is 4.07. The molecule has 2 aliphatic heterocycles. The minimum atomic E-state index is -3.24. The fourth-order valence-electron chi connectivity index (χ4n) is 2.85. The third kappa shape index (κ3) is 2.65. The SMILES string of the molecule is CC1CC(CN)CN1S(=O)(=O)N1CCCCC1. The van der Waals surface area contributed by atoms with Crippen LogP contribution in [0.4, 0.5) is 0 Å². The van der Waals surface area contributed by atoms with Crippen LogP contribution in [0.25, 0.3) is 0 Å². The van der Waals surface area contributed by atoms with Gasteiger partial charge in [-0.15, -0.1) is 0 Å². The fourth-order valence-corrected chi connectivity index (χ4v) is 4.80. The van der Waals surface area contributed by atoms with Crippen LogP contribution < -0.4 is 5.73 Å². The molecule has 17 heavy (non-hydrogen) atoms. The first-order chi connectivity index (χ1) is 8.05. The van der Waals surface area contributed by atoms with Crippen LogP contribution in [0.5, 0.6) is 0 Å². The second kappa shape index (κ2) is 5.22. The number of hydrogen-bond donors (Lipinski definition) is 1. The molecule has 2 rings (SSSR count). The lowest BCUT2D eigenvalue weighted by molar-refractivity contribution is 0.299. The van der Waals surface area contributed by atoms with E-state index in [2.05, 4.69) is 0 Å². The summed E-state index contributed by atoms with van der Waals surface area (Å²) in [7, 11) is -3.24. The maximum absolute atomic E-state index is 12.5. The van der Waals surface area contributed by atoms with Crippen LogP contribution in [0.1, 0.15) is 32.6 Å². The van der Waals surface area contributed by atoms with Crippen molar-refractivity contribution in [2.75, 3.05) is 26.2 Å². The third-order valence-electron chi connectivity index (χ3n) is 3.88. The molecule has 0 aliphatic carbocycles. The normalized spacial score (nSPS) is 33.1. The molecule has 2 atom stereocenters. The Labute approximate surface area is 104 Å². The predicted molar refractivity (Wildman–Crippen MR) is 67.7 cm³/mol. The summed E-state index contributed by atoms with van der Waals surface area (Å²) in [6.07, 6.45) is 4.01. The molecule has 2 heterocycles. The van der Waals surface area contributed by atoms with Gasteiger partial charge in [-0.25, -0.2) is 0 Å². The van der Waals surface area contributed by atoms with Crippen molar-refractivity contribution in [1.29, 1.82) is 0 Å². The largest absolute Gasteiger partial charge is 0.330 e. The second-order valence-corrected chi connectivity index (χ2v) is 7.10. The van der Waals surface area contributed by atoms with Gasteiger partial charge in [-0.2, -0.15) is 17.0 Å². The van der Waals surface area contributed by atoms with E-state index in [0.717, 1.165) is 25.7 Å². The Morgan fingerprint density at radius 1 is 1.24 bits per heavy atom. The number of nitrogens with two attached hydrogens (primary N) is 1. The molecule has 0 bridgehead atoms. The van der Waals surface area contributed by atoms with Gasteiger partial charge in [-0.05, 0) is 38.6 Å². The van der Waals surface area contributed by atoms with Crippen LogP contribution in [0.2, 0.25) is 0 Å². The zero-order chi connectivity index (χ0) is 12.5. The van der Waals surface area contributed by atoms with Gasteiger partial charge in [-0.1, -0.05) is 6.42 Å². The summed E-state index contributed by atoms with van der Waals surface area (Å²) >= 11 is 0. The van der Waals surface area contributed by atoms with Crippen molar-refractivity contribution < 1.29 is 8.42 Å². The van der Waals surface area contributed by atoms with Crippen LogP contribution in [-0.2, 0) is 10.2 Å². The molecule has 2 saturated heterocycles. The highest BCUT2D eigenvalue weighted by atomic mass is 32.2. The van der Waals surface area contributed by atoms with Crippen LogP contribution in [0.15, 0.2) is 0 Å². The minimum Gasteiger partial charge on any atom is -0.330 e. The topological polar surface area (TPSA) is 66.6 Å². The van der Waals surface area contributed by atoms with E-state index in [-0.39, 0.29) is 6.04 Å². The lowest BCUT2D eigenvalue weighted by Gasteiger charge is -2.32. The van der Waals surface area contributed by atoms with Crippen molar-refractivity contribution in [2.45, 2.75) is 38.6 Å². The van der Waals surface area contributed by atoms with Gasteiger partial charge in [0.15, 0.2) is 0 Å². The Morgan fingerprint density at radius 2 is 1.88 bits per heavy atom. The summed E-state index contributed by atoms with van der Waals surface area (Å²) in [4.78, 5) is 0. The van der Waals surface area contributed by atoms with Crippen molar-refractivity contribution in [1.82, 2.24) is 8.61 Å². The van der Waals surface area contributed by atoms with Gasteiger partial charge < -0.3 is 5.73 Å². The van der Waals surface area contributed by atoms with Gasteiger partial charge in [0.1, 0.15) is 0 Å². The summed E-state index contributed by atoms with van der Waals surface area (Å²) in [5.74, 6) is 0.324. The molecule has 5 nitrogen and oxygen atoms in total. The highest BCUT2D eigenvalue weighted by molar-refractivity contribution is 7.86. The van der Waals surface area contributed by atoms with Crippen molar-refractivity contribution in [3.8, 4) is 0 Å². The average Bonchev–Trinajstić information content (AvgIpc) is 2.72. The molecule has 0 aromatic heterocycles. The molecule has 0 spiro atoms. The van der Waals surface area contributed by atoms with E-state index in [9.17, 15) is 8.42 Å². The zero-order valence-corrected chi connectivity index (χ0v) is 11.3. The third-order valence-corrected chi connectivity index (χ3v) is 5.99. The Bertz CT molecular complexity index is 352. The van der Waals surface area contributed by atoms with Crippen LogP contribution in [0, 0.1) is 5.92 Å². The van der Waals surface area contributed by atoms with Gasteiger partial charge >= 0.3 is 0 Å². The molecule has 2 fully saturated rings. The molecule has 2 unspecified atom stereocenters. The Hall–Kier alpha value is -0.170. The number of piperidine rings is 1. The van der Waals surface area contributed by atoms with E-state index in [1.165, 1.54) is 0 Å². The van der Waals surface area contributed by atoms with E-state index in [4.69, 9.17) is 5.73 Å². The number of rotatable bonds is 3. The molecule has 2 aliphatic rings. The zero-order valence-electron chi connectivity index (χ0n) is 10.5.